The highest BCUT2D eigenvalue weighted by atomic mass is 16.5. The molecule has 1 spiro atoms. The summed E-state index contributed by atoms with van der Waals surface area (Å²) in [6.07, 6.45) is 6.90. The highest BCUT2D eigenvalue weighted by Crippen LogP contribution is 2.65. The molecular weight excluding hydrogens is 420 g/mol. The van der Waals surface area contributed by atoms with Crippen LogP contribution in [0.1, 0.15) is 48.9 Å². The zero-order valence-corrected chi connectivity index (χ0v) is 18.6. The number of aliphatic hydroxyl groups is 1. The number of aromatic nitrogens is 2. The van der Waals surface area contributed by atoms with Crippen molar-refractivity contribution in [1.82, 2.24) is 20.4 Å². The molecule has 1 aromatic carbocycles. The Hall–Kier alpha value is -2.58. The summed E-state index contributed by atoms with van der Waals surface area (Å²) >= 11 is 0. The van der Waals surface area contributed by atoms with Crippen molar-refractivity contribution in [3.8, 4) is 11.5 Å². The van der Waals surface area contributed by atoms with Crippen LogP contribution in [-0.2, 0) is 23.1 Å². The van der Waals surface area contributed by atoms with Gasteiger partial charge in [-0.2, -0.15) is 5.10 Å². The fraction of sp³-hybridized carbons (Fsp3) is 0.600. The van der Waals surface area contributed by atoms with Crippen molar-refractivity contribution in [1.29, 1.82) is 0 Å². The molecular formula is C25H30N4O4. The van der Waals surface area contributed by atoms with Crippen molar-refractivity contribution in [2.75, 3.05) is 13.1 Å². The highest BCUT2D eigenvalue weighted by molar-refractivity contribution is 5.78. The van der Waals surface area contributed by atoms with Crippen LogP contribution in [-0.4, -0.2) is 68.1 Å². The van der Waals surface area contributed by atoms with Gasteiger partial charge in [-0.15, -0.1) is 0 Å². The minimum absolute atomic E-state index is 0.0432. The van der Waals surface area contributed by atoms with E-state index < -0.39 is 17.1 Å². The number of piperidine rings is 1. The Morgan fingerprint density at radius 3 is 2.94 bits per heavy atom. The standard InChI is InChI=1S/C25H30N4O4/c30-18-4-3-15-11-19-25(32)7-5-17(27-20(31)12-16-6-9-26-28-16)23-24(25,21(15)22(18)33-23)8-10-29(19)13-14-1-2-14/h3-4,6,9,14,17,19,23,30,32H,1-2,5,7-8,10-13H2,(H,26,28)(H,27,31)/t17-,19-,23+,24+,25-/m1/s1. The molecule has 2 saturated carbocycles. The Morgan fingerprint density at radius 2 is 2.15 bits per heavy atom. The average Bonchev–Trinajstić information content (AvgIpc) is 3.31. The maximum Gasteiger partial charge on any atom is 0.226 e. The molecule has 8 nitrogen and oxygen atoms in total. The van der Waals surface area contributed by atoms with E-state index in [4.69, 9.17) is 4.74 Å². The van der Waals surface area contributed by atoms with E-state index in [0.717, 1.165) is 37.4 Å². The van der Waals surface area contributed by atoms with Crippen LogP contribution in [0.2, 0.25) is 0 Å². The lowest BCUT2D eigenvalue weighted by Gasteiger charge is -2.64. The smallest absolute Gasteiger partial charge is 0.226 e. The molecule has 2 aromatic rings. The number of benzene rings is 1. The van der Waals surface area contributed by atoms with Crippen molar-refractivity contribution in [3.05, 3.63) is 41.2 Å². The Balaban J connectivity index is 1.27. The maximum absolute atomic E-state index is 12.9. The van der Waals surface area contributed by atoms with Crippen molar-refractivity contribution in [2.24, 2.45) is 5.92 Å². The van der Waals surface area contributed by atoms with Gasteiger partial charge < -0.3 is 20.3 Å². The second-order valence-electron chi connectivity index (χ2n) is 10.7. The number of nitrogens with zero attached hydrogens (tertiary/aromatic N) is 2. The normalized spacial score (nSPS) is 36.2. The number of H-pyrrole nitrogens is 1. The third-order valence-electron chi connectivity index (χ3n) is 9.01. The molecule has 8 heteroatoms. The second-order valence-corrected chi connectivity index (χ2v) is 10.7. The Kier molecular flexibility index (Phi) is 4.05. The summed E-state index contributed by atoms with van der Waals surface area (Å²) in [5, 5.41) is 33.2. The number of aromatic amines is 1. The molecule has 3 heterocycles. The lowest BCUT2D eigenvalue weighted by Crippen LogP contribution is -2.78. The molecule has 0 radical (unpaired) electrons. The van der Waals surface area contributed by atoms with Crippen molar-refractivity contribution in [2.45, 2.75) is 74.1 Å². The van der Waals surface area contributed by atoms with Gasteiger partial charge >= 0.3 is 0 Å². The molecule has 3 aliphatic carbocycles. The number of phenolic OH excluding ortho intramolecular Hbond substituents is 1. The Labute approximate surface area is 192 Å². The minimum atomic E-state index is -0.930. The molecule has 5 atom stereocenters. The number of aromatic hydroxyl groups is 1. The summed E-state index contributed by atoms with van der Waals surface area (Å²) < 4.78 is 6.49. The lowest BCUT2D eigenvalue weighted by atomic mass is 9.48. The van der Waals surface area contributed by atoms with Crippen LogP contribution in [0.15, 0.2) is 24.4 Å². The summed E-state index contributed by atoms with van der Waals surface area (Å²) in [5.74, 6) is 1.29. The predicted molar refractivity (Wildman–Crippen MR) is 119 cm³/mol. The number of likely N-dealkylation sites (tertiary alicyclic amines) is 1. The predicted octanol–water partition coefficient (Wildman–Crippen LogP) is 1.41. The number of phenols is 1. The van der Waals surface area contributed by atoms with Crippen LogP contribution in [0.3, 0.4) is 0 Å². The quantitative estimate of drug-likeness (QED) is 0.548. The molecule has 33 heavy (non-hydrogen) atoms. The molecule has 2 aliphatic heterocycles. The molecule has 7 rings (SSSR count). The number of ether oxygens (including phenoxy) is 1. The maximum atomic E-state index is 12.9. The van der Waals surface area contributed by atoms with Gasteiger partial charge in [0.25, 0.3) is 0 Å². The van der Waals surface area contributed by atoms with E-state index in [1.54, 1.807) is 18.3 Å². The van der Waals surface area contributed by atoms with Crippen LogP contribution in [0.25, 0.3) is 0 Å². The van der Waals surface area contributed by atoms with Gasteiger partial charge in [0, 0.05) is 24.3 Å². The number of rotatable bonds is 5. The fourth-order valence-corrected chi connectivity index (χ4v) is 7.44. The van der Waals surface area contributed by atoms with Crippen LogP contribution in [0, 0.1) is 5.92 Å². The number of carbonyl (C=O) groups is 1. The van der Waals surface area contributed by atoms with E-state index in [1.807, 2.05) is 6.07 Å². The summed E-state index contributed by atoms with van der Waals surface area (Å²) in [6, 6.07) is 5.34. The van der Waals surface area contributed by atoms with Gasteiger partial charge in [0.1, 0.15) is 6.10 Å². The van der Waals surface area contributed by atoms with Crippen LogP contribution >= 0.6 is 0 Å². The number of nitrogens with one attached hydrogen (secondary N) is 2. The number of hydrogen-bond acceptors (Lipinski definition) is 6. The summed E-state index contributed by atoms with van der Waals surface area (Å²) in [6.45, 7) is 1.96. The highest BCUT2D eigenvalue weighted by Gasteiger charge is 2.73. The third kappa shape index (κ3) is 2.65. The van der Waals surface area contributed by atoms with E-state index in [2.05, 4.69) is 20.4 Å². The summed E-state index contributed by atoms with van der Waals surface area (Å²) in [4.78, 5) is 15.4. The zero-order valence-electron chi connectivity index (χ0n) is 18.6. The molecule has 1 aromatic heterocycles. The summed E-state index contributed by atoms with van der Waals surface area (Å²) in [5.41, 5.74) is 1.31. The van der Waals surface area contributed by atoms with Crippen molar-refractivity contribution in [3.63, 3.8) is 0 Å². The average molecular weight is 451 g/mol. The number of hydrogen-bond donors (Lipinski definition) is 4. The minimum Gasteiger partial charge on any atom is -0.504 e. The Bertz CT molecular complexity index is 1120. The topological polar surface area (TPSA) is 111 Å². The largest absolute Gasteiger partial charge is 0.504 e. The molecule has 1 amide bonds. The zero-order chi connectivity index (χ0) is 22.4. The monoisotopic (exact) mass is 450 g/mol. The van der Waals surface area contributed by atoms with Crippen LogP contribution in [0.5, 0.6) is 11.5 Å². The van der Waals surface area contributed by atoms with E-state index in [-0.39, 0.29) is 30.2 Å². The van der Waals surface area contributed by atoms with Gasteiger partial charge in [-0.1, -0.05) is 6.07 Å². The molecule has 3 fully saturated rings. The van der Waals surface area contributed by atoms with Gasteiger partial charge in [0.2, 0.25) is 5.91 Å². The fourth-order valence-electron chi connectivity index (χ4n) is 7.44. The van der Waals surface area contributed by atoms with Gasteiger partial charge in [0.15, 0.2) is 11.5 Å². The van der Waals surface area contributed by atoms with Gasteiger partial charge in [0.05, 0.1) is 29.2 Å². The summed E-state index contributed by atoms with van der Waals surface area (Å²) in [7, 11) is 0. The first-order valence-electron chi connectivity index (χ1n) is 12.3. The number of carbonyl (C=O) groups excluding carboxylic acids is 1. The first-order chi connectivity index (χ1) is 16.0. The lowest BCUT2D eigenvalue weighted by molar-refractivity contribution is -0.192. The second kappa shape index (κ2) is 6.73. The molecule has 5 aliphatic rings. The first kappa shape index (κ1) is 19.9. The van der Waals surface area contributed by atoms with E-state index in [9.17, 15) is 15.0 Å². The molecule has 2 bridgehead atoms. The van der Waals surface area contributed by atoms with Gasteiger partial charge in [-0.3, -0.25) is 14.8 Å². The SMILES string of the molecule is O=C(Cc1cc[nH]n1)N[C@@H]1CC[C@@]2(O)[C@H]3Cc4ccc(O)c5c4[C@@]2(CCN3CC2CC2)[C@H]1O5. The van der Waals surface area contributed by atoms with Crippen LogP contribution in [0.4, 0.5) is 0 Å². The van der Waals surface area contributed by atoms with Crippen molar-refractivity contribution >= 4 is 5.91 Å². The third-order valence-corrected chi connectivity index (χ3v) is 9.01. The van der Waals surface area contributed by atoms with Crippen molar-refractivity contribution < 1.29 is 19.7 Å². The molecule has 1 saturated heterocycles. The van der Waals surface area contributed by atoms with Gasteiger partial charge in [-0.05, 0) is 68.7 Å². The van der Waals surface area contributed by atoms with E-state index in [1.165, 1.54) is 18.4 Å². The van der Waals surface area contributed by atoms with E-state index >= 15 is 0 Å². The Morgan fingerprint density at radius 1 is 1.27 bits per heavy atom. The van der Waals surface area contributed by atoms with Gasteiger partial charge in [-0.25, -0.2) is 0 Å². The molecule has 0 unspecified atom stereocenters. The first-order valence-corrected chi connectivity index (χ1v) is 12.3. The van der Waals surface area contributed by atoms with E-state index in [0.29, 0.717) is 24.3 Å². The molecule has 4 N–H and O–H groups in total. The number of amides is 1. The van der Waals surface area contributed by atoms with Crippen LogP contribution < -0.4 is 10.1 Å². The molecule has 174 valence electrons.